The fraction of sp³-hybridized carbons (Fsp3) is 0.889. The monoisotopic (exact) mass is 194 g/mol. The molecule has 0 bridgehead atoms. The summed E-state index contributed by atoms with van der Waals surface area (Å²) in [7, 11) is 0. The van der Waals surface area contributed by atoms with Gasteiger partial charge in [-0.25, -0.2) is 4.79 Å². The first-order chi connectivity index (χ1) is 6.31. The van der Waals surface area contributed by atoms with E-state index in [0.717, 1.165) is 6.54 Å². The van der Waals surface area contributed by atoms with E-state index in [1.54, 1.807) is 0 Å². The molecule has 0 aliphatic rings. The van der Waals surface area contributed by atoms with E-state index < -0.39 is 0 Å². The molecule has 4 nitrogen and oxygen atoms in total. The smallest absolute Gasteiger partial charge is 0.407 e. The van der Waals surface area contributed by atoms with Crippen LogP contribution in [-0.4, -0.2) is 32.3 Å². The summed E-state index contributed by atoms with van der Waals surface area (Å²) in [4.78, 5) is 10.6. The summed E-state index contributed by atoms with van der Waals surface area (Å²) in [5.74, 6) is 0. The first-order valence-corrected chi connectivity index (χ1v) is 4.92. The quantitative estimate of drug-likeness (QED) is 0.657. The van der Waals surface area contributed by atoms with Gasteiger partial charge in [-0.15, -0.1) is 0 Å². The second-order valence-electron chi connectivity index (χ2n) is 2.02. The van der Waals surface area contributed by atoms with E-state index in [1.165, 1.54) is 0 Å². The highest BCUT2D eigenvalue weighted by atomic mass is 16.5. The van der Waals surface area contributed by atoms with Crippen LogP contribution in [0, 0.1) is 0 Å². The largest absolute Gasteiger partial charge is 0.448 e. The maximum Gasteiger partial charge on any atom is 0.407 e. The molecule has 0 saturated heterocycles. The Morgan fingerprint density at radius 1 is 1.31 bits per heavy atom. The molecule has 0 aromatic carbocycles. The fourth-order valence-corrected chi connectivity index (χ4v) is 0.588. The van der Waals surface area contributed by atoms with Gasteiger partial charge in [-0.3, -0.25) is 0 Å². The summed E-state index contributed by atoms with van der Waals surface area (Å²) >= 11 is 0. The van der Waals surface area contributed by atoms with Gasteiger partial charge >= 0.3 is 6.09 Å². The summed E-state index contributed by atoms with van der Waals surface area (Å²) in [6, 6.07) is 0. The van der Waals surface area contributed by atoms with Crippen molar-refractivity contribution in [1.82, 2.24) is 10.6 Å². The molecule has 0 heterocycles. The van der Waals surface area contributed by atoms with E-state index in [-0.39, 0.29) is 8.95 Å². The van der Waals surface area contributed by atoms with Gasteiger partial charge in [-0.2, -0.15) is 0 Å². The van der Waals surface area contributed by atoms with Crippen molar-refractivity contribution >= 4 is 6.09 Å². The van der Waals surface area contributed by atoms with Gasteiger partial charge in [0.25, 0.3) is 0 Å². The van der Waals surface area contributed by atoms with Crippen LogP contribution in [0.5, 0.6) is 0 Å². The lowest BCUT2D eigenvalue weighted by molar-refractivity contribution is 0.147. The molecule has 0 saturated carbocycles. The average Bonchev–Trinajstić information content (AvgIpc) is 2.16. The normalized spacial score (nSPS) is 8.31. The lowest BCUT2D eigenvalue weighted by atomic mass is 10.6. The van der Waals surface area contributed by atoms with Gasteiger partial charge < -0.3 is 15.4 Å². The Bertz CT molecular complexity index is 116. The van der Waals surface area contributed by atoms with Crippen LogP contribution in [0.3, 0.4) is 0 Å². The Morgan fingerprint density at radius 3 is 2.38 bits per heavy atom. The number of hydrogen-bond acceptors (Lipinski definition) is 3. The minimum atomic E-state index is -0.342. The van der Waals surface area contributed by atoms with E-state index >= 15 is 0 Å². The highest BCUT2D eigenvalue weighted by Gasteiger charge is 1.96. The van der Waals surface area contributed by atoms with E-state index in [2.05, 4.69) is 10.6 Å². The van der Waals surface area contributed by atoms with Gasteiger partial charge in [-0.05, 0) is 13.5 Å². The molecule has 0 radical (unpaired) electrons. The molecule has 0 aromatic rings. The summed E-state index contributed by atoms with van der Waals surface area (Å²) in [6.45, 7) is 10.5. The third kappa shape index (κ3) is 14.1. The third-order valence-electron chi connectivity index (χ3n) is 1.08. The van der Waals surface area contributed by atoms with E-state index in [9.17, 15) is 4.79 Å². The Kier molecular flexibility index (Phi) is 15.6. The summed E-state index contributed by atoms with van der Waals surface area (Å²) in [5, 5.41) is 5.57. The summed E-state index contributed by atoms with van der Waals surface area (Å²) < 4.78 is 4.77. The van der Waals surface area contributed by atoms with E-state index in [1.807, 2.05) is 27.7 Å². The highest BCUT2D eigenvalue weighted by molar-refractivity contribution is 5.66. The van der Waals surface area contributed by atoms with Crippen molar-refractivity contribution in [1.29, 1.82) is 0 Å². The molecule has 13 heavy (non-hydrogen) atoms. The molecule has 0 unspecified atom stereocenters. The number of alkyl carbamates (subject to hydrolysis) is 1. The predicted octanol–water partition coefficient (Wildman–Crippen LogP) is 1.86. The molecular formula is C9H26N2O2. The summed E-state index contributed by atoms with van der Waals surface area (Å²) in [5.41, 5.74) is 0. The van der Waals surface area contributed by atoms with Crippen LogP contribution in [0.4, 0.5) is 4.79 Å². The van der Waals surface area contributed by atoms with Crippen molar-refractivity contribution in [2.24, 2.45) is 0 Å². The number of amides is 1. The Balaban J connectivity index is -0.000000142. The van der Waals surface area contributed by atoms with Gasteiger partial charge in [0.2, 0.25) is 0 Å². The van der Waals surface area contributed by atoms with E-state index in [4.69, 9.17) is 4.74 Å². The highest BCUT2D eigenvalue weighted by Crippen LogP contribution is 1.74. The third-order valence-corrected chi connectivity index (χ3v) is 1.08. The zero-order valence-electron chi connectivity index (χ0n) is 9.14. The number of likely N-dealkylation sites (N-methyl/N-ethyl adjacent to an activating group) is 1. The topological polar surface area (TPSA) is 50.4 Å². The van der Waals surface area contributed by atoms with Gasteiger partial charge in [0.15, 0.2) is 0 Å². The van der Waals surface area contributed by atoms with Crippen LogP contribution in [0.15, 0.2) is 0 Å². The van der Waals surface area contributed by atoms with Crippen LogP contribution in [0.2, 0.25) is 0 Å². The zero-order valence-corrected chi connectivity index (χ0v) is 9.14. The molecule has 0 fully saturated rings. The standard InChI is InChI=1S/C7H16N2O2.C2H6.2H2/c1-3-8-5-6-11-7(10)9-4-2;1-2;;/h8H,3-6H2,1-2H3,(H,9,10);1-2H3;2*1H. The Labute approximate surface area is 84.0 Å². The Hall–Kier alpha value is -0.770. The minimum Gasteiger partial charge on any atom is -0.448 e. The number of rotatable bonds is 5. The van der Waals surface area contributed by atoms with Crippen molar-refractivity contribution in [3.05, 3.63) is 0 Å². The number of hydrogen-bond donors (Lipinski definition) is 2. The molecule has 0 aromatic heterocycles. The van der Waals surface area contributed by atoms with Crippen molar-refractivity contribution in [3.8, 4) is 0 Å². The molecule has 0 rings (SSSR count). The number of nitrogens with one attached hydrogen (secondary N) is 2. The maximum atomic E-state index is 10.6. The van der Waals surface area contributed by atoms with Crippen LogP contribution < -0.4 is 10.6 Å². The van der Waals surface area contributed by atoms with Crippen LogP contribution in [0.1, 0.15) is 30.5 Å². The molecule has 1 amide bonds. The summed E-state index contributed by atoms with van der Waals surface area (Å²) in [6.07, 6.45) is -0.342. The maximum absolute atomic E-state index is 10.6. The molecule has 2 N–H and O–H groups in total. The lowest BCUT2D eigenvalue weighted by Gasteiger charge is -2.04. The molecule has 0 aliphatic heterocycles. The number of ether oxygens (including phenoxy) is 1. The van der Waals surface area contributed by atoms with Gasteiger partial charge in [0.1, 0.15) is 6.61 Å². The van der Waals surface area contributed by atoms with Crippen molar-refractivity contribution in [2.45, 2.75) is 27.7 Å². The van der Waals surface area contributed by atoms with Gasteiger partial charge in [0, 0.05) is 15.9 Å². The van der Waals surface area contributed by atoms with E-state index in [0.29, 0.717) is 19.7 Å². The first-order valence-electron chi connectivity index (χ1n) is 4.92. The fourth-order valence-electron chi connectivity index (χ4n) is 0.588. The Morgan fingerprint density at radius 2 is 1.92 bits per heavy atom. The van der Waals surface area contributed by atoms with Gasteiger partial charge in [0.05, 0.1) is 0 Å². The molecular weight excluding hydrogens is 168 g/mol. The van der Waals surface area contributed by atoms with Crippen molar-refractivity contribution in [3.63, 3.8) is 0 Å². The minimum absolute atomic E-state index is 0. The predicted molar refractivity (Wildman–Crippen MR) is 59.1 cm³/mol. The second kappa shape index (κ2) is 13.8. The molecule has 0 spiro atoms. The number of carbonyl (C=O) groups is 1. The van der Waals surface area contributed by atoms with Crippen LogP contribution in [0.25, 0.3) is 0 Å². The molecule has 4 heteroatoms. The number of carbonyl (C=O) groups excluding carboxylic acids is 1. The van der Waals surface area contributed by atoms with Crippen LogP contribution in [-0.2, 0) is 4.74 Å². The lowest BCUT2D eigenvalue weighted by Crippen LogP contribution is -2.27. The average molecular weight is 194 g/mol. The van der Waals surface area contributed by atoms with Crippen molar-refractivity contribution < 1.29 is 12.4 Å². The zero-order chi connectivity index (χ0) is 10.5. The second-order valence-corrected chi connectivity index (χ2v) is 2.02. The molecule has 0 aliphatic carbocycles. The molecule has 0 atom stereocenters. The first kappa shape index (κ1) is 14.7. The SMILES string of the molecule is CC.CCNCCOC(=O)NCC.[HH].[HH]. The van der Waals surface area contributed by atoms with Crippen LogP contribution >= 0.6 is 0 Å². The molecule has 84 valence electrons. The van der Waals surface area contributed by atoms with Crippen molar-refractivity contribution in [2.75, 3.05) is 26.2 Å². The van der Waals surface area contributed by atoms with Gasteiger partial charge in [-0.1, -0.05) is 20.8 Å².